The summed E-state index contributed by atoms with van der Waals surface area (Å²) in [6.07, 6.45) is 1.07. The quantitative estimate of drug-likeness (QED) is 0.907. The van der Waals surface area contributed by atoms with Gasteiger partial charge < -0.3 is 19.2 Å². The summed E-state index contributed by atoms with van der Waals surface area (Å²) < 4.78 is 10.6. The van der Waals surface area contributed by atoms with Gasteiger partial charge >= 0.3 is 12.1 Å². The van der Waals surface area contributed by atoms with Gasteiger partial charge in [-0.15, -0.1) is 0 Å². The first-order chi connectivity index (χ1) is 9.69. The molecule has 1 saturated heterocycles. The first kappa shape index (κ1) is 15.4. The average molecular weight is 295 g/mol. The van der Waals surface area contributed by atoms with Crippen molar-refractivity contribution in [2.75, 3.05) is 13.1 Å². The third-order valence-electron chi connectivity index (χ3n) is 3.59. The van der Waals surface area contributed by atoms with Gasteiger partial charge in [-0.05, 0) is 39.3 Å². The second-order valence-electron chi connectivity index (χ2n) is 6.37. The standard InChI is InChI=1S/C15H21NO5/c1-9-10(5-6-20-9)11-7-16(8-12(11)13(17)18)14(19)21-15(2,3)4/h5-6,11-12H,7-8H2,1-4H3,(H,17,18). The number of carboxylic acid groups (broad SMARTS) is 1. The molecule has 0 aliphatic carbocycles. The van der Waals surface area contributed by atoms with E-state index in [9.17, 15) is 14.7 Å². The van der Waals surface area contributed by atoms with Crippen molar-refractivity contribution in [2.45, 2.75) is 39.2 Å². The van der Waals surface area contributed by atoms with Crippen LogP contribution in [0.15, 0.2) is 16.7 Å². The average Bonchev–Trinajstić information content (AvgIpc) is 2.91. The van der Waals surface area contributed by atoms with Gasteiger partial charge in [0.2, 0.25) is 0 Å². The molecule has 0 spiro atoms. The Morgan fingerprint density at radius 1 is 1.38 bits per heavy atom. The zero-order chi connectivity index (χ0) is 15.8. The number of carbonyl (C=O) groups excluding carboxylic acids is 1. The minimum absolute atomic E-state index is 0.152. The molecular formula is C15H21NO5. The van der Waals surface area contributed by atoms with Crippen LogP contribution >= 0.6 is 0 Å². The Morgan fingerprint density at radius 2 is 2.05 bits per heavy atom. The van der Waals surface area contributed by atoms with Gasteiger partial charge in [-0.25, -0.2) is 4.79 Å². The Morgan fingerprint density at radius 3 is 2.52 bits per heavy atom. The van der Waals surface area contributed by atoms with Gasteiger partial charge in [-0.2, -0.15) is 0 Å². The van der Waals surface area contributed by atoms with Crippen LogP contribution in [0.25, 0.3) is 0 Å². The number of carboxylic acids is 1. The van der Waals surface area contributed by atoms with Crippen molar-refractivity contribution in [3.05, 3.63) is 23.7 Å². The highest BCUT2D eigenvalue weighted by Crippen LogP contribution is 2.35. The lowest BCUT2D eigenvalue weighted by Crippen LogP contribution is -2.35. The van der Waals surface area contributed by atoms with Crippen molar-refractivity contribution in [2.24, 2.45) is 5.92 Å². The summed E-state index contributed by atoms with van der Waals surface area (Å²) in [5.74, 6) is -1.13. The van der Waals surface area contributed by atoms with Crippen LogP contribution in [0.4, 0.5) is 4.79 Å². The maximum absolute atomic E-state index is 12.1. The molecule has 2 heterocycles. The van der Waals surface area contributed by atoms with Gasteiger partial charge in [-0.1, -0.05) is 0 Å². The van der Waals surface area contributed by atoms with Gasteiger partial charge in [0.05, 0.1) is 12.2 Å². The summed E-state index contributed by atoms with van der Waals surface area (Å²) in [4.78, 5) is 25.0. The molecule has 2 rings (SSSR count). The summed E-state index contributed by atoms with van der Waals surface area (Å²) in [5, 5.41) is 9.40. The number of hydrogen-bond donors (Lipinski definition) is 1. The molecule has 2 atom stereocenters. The predicted molar refractivity (Wildman–Crippen MR) is 75.1 cm³/mol. The summed E-state index contributed by atoms with van der Waals surface area (Å²) in [7, 11) is 0. The van der Waals surface area contributed by atoms with Gasteiger partial charge in [-0.3, -0.25) is 4.79 Å². The van der Waals surface area contributed by atoms with E-state index >= 15 is 0 Å². The Kier molecular flexibility index (Phi) is 3.98. The molecule has 2 unspecified atom stereocenters. The Bertz CT molecular complexity index is 543. The van der Waals surface area contributed by atoms with Gasteiger partial charge in [0.15, 0.2) is 0 Å². The van der Waals surface area contributed by atoms with Crippen molar-refractivity contribution < 1.29 is 23.8 Å². The fraction of sp³-hybridized carbons (Fsp3) is 0.600. The SMILES string of the molecule is Cc1occc1C1CN(C(=O)OC(C)(C)C)CC1C(=O)O. The summed E-state index contributed by atoms with van der Waals surface area (Å²) in [6.45, 7) is 7.63. The number of likely N-dealkylation sites (tertiary alicyclic amines) is 1. The number of rotatable bonds is 2. The summed E-state index contributed by atoms with van der Waals surface area (Å²) >= 11 is 0. The molecule has 1 amide bonds. The third-order valence-corrected chi connectivity index (χ3v) is 3.59. The lowest BCUT2D eigenvalue weighted by molar-refractivity contribution is -0.141. The normalized spacial score (nSPS) is 22.4. The van der Waals surface area contributed by atoms with E-state index in [1.807, 2.05) is 0 Å². The lowest BCUT2D eigenvalue weighted by Gasteiger charge is -2.24. The Labute approximate surface area is 123 Å². The lowest BCUT2D eigenvalue weighted by atomic mass is 9.89. The fourth-order valence-corrected chi connectivity index (χ4v) is 2.62. The van der Waals surface area contributed by atoms with Crippen LogP contribution in [0, 0.1) is 12.8 Å². The zero-order valence-corrected chi connectivity index (χ0v) is 12.8. The molecule has 116 valence electrons. The molecule has 21 heavy (non-hydrogen) atoms. The monoisotopic (exact) mass is 295 g/mol. The van der Waals surface area contributed by atoms with Crippen molar-refractivity contribution in [1.29, 1.82) is 0 Å². The molecule has 0 radical (unpaired) electrons. The molecular weight excluding hydrogens is 274 g/mol. The molecule has 1 aromatic rings. The van der Waals surface area contributed by atoms with E-state index in [-0.39, 0.29) is 12.5 Å². The molecule has 0 bridgehead atoms. The number of furan rings is 1. The van der Waals surface area contributed by atoms with Crippen LogP contribution in [-0.4, -0.2) is 40.8 Å². The molecule has 6 heteroatoms. The van der Waals surface area contributed by atoms with Crippen molar-refractivity contribution in [3.63, 3.8) is 0 Å². The topological polar surface area (TPSA) is 80.0 Å². The molecule has 1 aliphatic rings. The molecule has 1 fully saturated rings. The molecule has 6 nitrogen and oxygen atoms in total. The van der Waals surface area contributed by atoms with Crippen molar-refractivity contribution >= 4 is 12.1 Å². The zero-order valence-electron chi connectivity index (χ0n) is 12.8. The fourth-order valence-electron chi connectivity index (χ4n) is 2.62. The van der Waals surface area contributed by atoms with E-state index < -0.39 is 23.6 Å². The summed E-state index contributed by atoms with van der Waals surface area (Å²) in [6, 6.07) is 1.77. The van der Waals surface area contributed by atoms with Gasteiger partial charge in [0, 0.05) is 19.0 Å². The number of ether oxygens (including phenoxy) is 1. The number of nitrogens with zero attached hydrogens (tertiary/aromatic N) is 1. The molecule has 1 aliphatic heterocycles. The first-order valence-corrected chi connectivity index (χ1v) is 6.94. The van der Waals surface area contributed by atoms with E-state index in [0.717, 1.165) is 5.56 Å². The molecule has 1 aromatic heterocycles. The van der Waals surface area contributed by atoms with Gasteiger partial charge in [0.25, 0.3) is 0 Å². The van der Waals surface area contributed by atoms with Crippen molar-refractivity contribution in [1.82, 2.24) is 4.90 Å². The summed E-state index contributed by atoms with van der Waals surface area (Å²) in [5.41, 5.74) is 0.243. The van der Waals surface area contributed by atoms with E-state index in [2.05, 4.69) is 0 Å². The van der Waals surface area contributed by atoms with Crippen LogP contribution in [-0.2, 0) is 9.53 Å². The van der Waals surface area contributed by atoms with E-state index in [4.69, 9.17) is 9.15 Å². The third kappa shape index (κ3) is 3.37. The second kappa shape index (κ2) is 5.42. The number of hydrogen-bond acceptors (Lipinski definition) is 4. The highest BCUT2D eigenvalue weighted by atomic mass is 16.6. The van der Waals surface area contributed by atoms with Crippen LogP contribution < -0.4 is 0 Å². The minimum Gasteiger partial charge on any atom is -0.481 e. The highest BCUT2D eigenvalue weighted by Gasteiger charge is 2.42. The number of aryl methyl sites for hydroxylation is 1. The van der Waals surface area contributed by atoms with Crippen LogP contribution in [0.3, 0.4) is 0 Å². The number of carbonyl (C=O) groups is 2. The second-order valence-corrected chi connectivity index (χ2v) is 6.37. The van der Waals surface area contributed by atoms with Gasteiger partial charge in [0.1, 0.15) is 11.4 Å². The Balaban J connectivity index is 2.18. The van der Waals surface area contributed by atoms with Crippen molar-refractivity contribution in [3.8, 4) is 0 Å². The Hall–Kier alpha value is -1.98. The molecule has 0 aromatic carbocycles. The van der Waals surface area contributed by atoms with Crippen LogP contribution in [0.5, 0.6) is 0 Å². The van der Waals surface area contributed by atoms with Crippen LogP contribution in [0.1, 0.15) is 38.0 Å². The maximum Gasteiger partial charge on any atom is 0.410 e. The smallest absolute Gasteiger partial charge is 0.410 e. The van der Waals surface area contributed by atoms with E-state index in [1.165, 1.54) is 4.90 Å². The highest BCUT2D eigenvalue weighted by molar-refractivity contribution is 5.76. The molecule has 1 N–H and O–H groups in total. The molecule has 0 saturated carbocycles. The predicted octanol–water partition coefficient (Wildman–Crippen LogP) is 2.62. The van der Waals surface area contributed by atoms with Crippen LogP contribution in [0.2, 0.25) is 0 Å². The first-order valence-electron chi connectivity index (χ1n) is 6.94. The minimum atomic E-state index is -0.911. The number of amides is 1. The number of aliphatic carboxylic acids is 1. The van der Waals surface area contributed by atoms with E-state index in [0.29, 0.717) is 12.3 Å². The van der Waals surface area contributed by atoms with E-state index in [1.54, 1.807) is 40.0 Å². The maximum atomic E-state index is 12.1. The largest absolute Gasteiger partial charge is 0.481 e.